The van der Waals surface area contributed by atoms with E-state index in [4.69, 9.17) is 5.48 Å². The van der Waals surface area contributed by atoms with Crippen molar-refractivity contribution in [1.29, 1.82) is 0 Å². The van der Waals surface area contributed by atoms with Gasteiger partial charge < -0.3 is 18.9 Å². The van der Waals surface area contributed by atoms with E-state index in [1.807, 2.05) is 103 Å². The first kappa shape index (κ1) is 47.6. The van der Waals surface area contributed by atoms with Crippen molar-refractivity contribution in [2.45, 2.75) is 52.4 Å². The molecule has 4 nitrogen and oxygen atoms in total. The highest BCUT2D eigenvalue weighted by atomic mass is 15.2. The van der Waals surface area contributed by atoms with Gasteiger partial charge in [-0.1, -0.05) is 314 Å². The fraction of sp³-hybridized carbons (Fsp3) is 0.0816. The van der Waals surface area contributed by atoms with Crippen LogP contribution in [0.1, 0.15) is 73.2 Å². The third kappa shape index (κ3) is 10.2. The van der Waals surface area contributed by atoms with Crippen LogP contribution in [0.15, 0.2) is 345 Å². The van der Waals surface area contributed by atoms with E-state index < -0.39 is 90.1 Å². The maximum atomic E-state index is 9.92. The average Bonchev–Trinajstić information content (AvgIpc) is 0.790. The van der Waals surface area contributed by atoms with E-state index in [0.29, 0.717) is 22.7 Å². The first-order valence-corrected chi connectivity index (χ1v) is 34.9. The lowest BCUT2D eigenvalue weighted by atomic mass is 9.33. The smallest absolute Gasteiger partial charge is 0.252 e. The molecular weight excluding hydrogens is 1240 g/mol. The topological polar surface area (TPSA) is 16.3 Å². The van der Waals surface area contributed by atoms with Gasteiger partial charge in [-0.05, 0) is 156 Å². The number of anilines is 6. The summed E-state index contributed by atoms with van der Waals surface area (Å²) in [4.78, 5) is 4.72. The highest BCUT2D eigenvalue weighted by Crippen LogP contribution is 2.55. The molecule has 4 heterocycles. The maximum absolute atomic E-state index is 9.92. The minimum Gasteiger partial charge on any atom is -0.310 e. The van der Waals surface area contributed by atoms with E-state index in [1.54, 1.807) is 9.13 Å². The summed E-state index contributed by atoms with van der Waals surface area (Å²) < 4.78 is 145. The number of nitrogens with zero attached hydrogens (tertiary/aromatic N) is 4. The van der Waals surface area contributed by atoms with E-state index in [0.717, 1.165) is 117 Å². The maximum Gasteiger partial charge on any atom is 0.252 e. The van der Waals surface area contributed by atoms with Crippen LogP contribution in [0.5, 0.6) is 0 Å². The molecule has 103 heavy (non-hydrogen) atoms. The van der Waals surface area contributed by atoms with Crippen LogP contribution in [0, 0.1) is 0 Å². The highest BCUT2D eigenvalue weighted by Gasteiger charge is 2.46. The van der Waals surface area contributed by atoms with Gasteiger partial charge in [0.2, 0.25) is 0 Å². The van der Waals surface area contributed by atoms with Gasteiger partial charge in [-0.25, -0.2) is 0 Å². The zero-order valence-corrected chi connectivity index (χ0v) is 57.6. The number of fused-ring (bicyclic) bond motifs is 10. The van der Waals surface area contributed by atoms with E-state index >= 15 is 0 Å². The molecule has 0 saturated heterocycles. The first-order valence-electron chi connectivity index (χ1n) is 42.4. The van der Waals surface area contributed by atoms with E-state index in [2.05, 4.69) is 197 Å². The van der Waals surface area contributed by atoms with Crippen LogP contribution in [-0.4, -0.2) is 15.8 Å². The van der Waals surface area contributed by atoms with Gasteiger partial charge in [0.1, 0.15) is 0 Å². The van der Waals surface area contributed by atoms with Crippen LogP contribution in [-0.2, 0) is 10.8 Å². The standard InChI is InChI=1S/C98H75BN4/c1-97(2,3)72-58-82(70-50-46-66(47-51-70)64-28-11-7-12-29-64)96(83(59-72)71-52-48-67(49-53-71)65-30-13-8-14-31-65)103-91-63-75(101-88-44-25-21-38-80(88)81-39-22-26-45-89(81)101)55-57-85(91)99-84-56-54-74(100-86-42-23-19-36-78(86)79-37-20-24-43-87(79)100)62-90(84)102(92-60-73(98(4,5)6)61-93(103)94(92)99)95-76(68-32-15-9-16-33-68)40-27-41-77(95)69-34-17-10-18-35-69/h7-63H,1-6H3/i19D,20D,21D,22D,23D,25D,26D,36D,37D,38D,39D,42D,43D,44D,45D. The predicted octanol–water partition coefficient (Wildman–Crippen LogP) is 24.6. The van der Waals surface area contributed by atoms with E-state index in [9.17, 15) is 15.1 Å². The second-order valence-corrected chi connectivity index (χ2v) is 28.9. The number of aromatic nitrogens is 2. The largest absolute Gasteiger partial charge is 0.310 e. The molecule has 0 unspecified atom stereocenters. The molecule has 0 saturated carbocycles. The molecule has 0 aliphatic carbocycles. The minimum absolute atomic E-state index is 0.00816. The van der Waals surface area contributed by atoms with E-state index in [-0.39, 0.29) is 61.7 Å². The summed E-state index contributed by atoms with van der Waals surface area (Å²) in [5.41, 5.74) is 19.6. The number of hydrogen-bond acceptors (Lipinski definition) is 2. The van der Waals surface area contributed by atoms with Crippen LogP contribution >= 0.6 is 0 Å². The Morgan fingerprint density at radius 1 is 0.272 bits per heavy atom. The van der Waals surface area contributed by atoms with Gasteiger partial charge in [0.15, 0.2) is 0 Å². The summed E-state index contributed by atoms with van der Waals surface area (Å²) in [6.07, 6.45) is 0. The number of benzene rings is 15. The highest BCUT2D eigenvalue weighted by molar-refractivity contribution is 7.00. The van der Waals surface area contributed by atoms with Crippen LogP contribution in [0.4, 0.5) is 34.1 Å². The summed E-state index contributed by atoms with van der Waals surface area (Å²) in [6, 6.07) is 80.6. The normalized spacial score (nSPS) is 14.7. The Kier molecular flexibility index (Phi) is 11.2. The summed E-state index contributed by atoms with van der Waals surface area (Å²) in [5, 5.41) is -0.0785. The van der Waals surface area contributed by atoms with Crippen molar-refractivity contribution in [3.63, 3.8) is 0 Å². The van der Waals surface area contributed by atoms with Crippen molar-refractivity contribution in [2.75, 3.05) is 9.80 Å². The molecule has 0 spiro atoms. The van der Waals surface area contributed by atoms with Gasteiger partial charge in [-0.15, -0.1) is 0 Å². The Morgan fingerprint density at radius 2 is 0.602 bits per heavy atom. The third-order valence-electron chi connectivity index (χ3n) is 20.8. The Hall–Kier alpha value is -12.4. The van der Waals surface area contributed by atoms with Gasteiger partial charge in [0.05, 0.1) is 54.0 Å². The van der Waals surface area contributed by atoms with Crippen molar-refractivity contribution in [2.24, 2.45) is 0 Å². The summed E-state index contributed by atoms with van der Waals surface area (Å²) >= 11 is 0. The first-order chi connectivity index (χ1) is 56.6. The molecule has 0 bridgehead atoms. The van der Waals surface area contributed by atoms with Crippen LogP contribution < -0.4 is 26.2 Å². The summed E-state index contributed by atoms with van der Waals surface area (Å²) in [5.74, 6) is 0. The van der Waals surface area contributed by atoms with Crippen LogP contribution in [0.25, 0.3) is 122 Å². The Labute approximate surface area is 624 Å². The second-order valence-electron chi connectivity index (χ2n) is 28.9. The molecule has 5 heteroatoms. The SMILES string of the molecule is [2H]c1cc([2H])c2c(c1[2H])c1c([2H])c([2H])c([2H])c([2H])c1n2-c1ccc2c(c1)N(c1c(-c3ccccc3)cccc1-c1ccccc1)c1cc(C(C)(C)C)cc3c1B2c1ccc(-n2c4c([2H])c([2H])c([2H])c([2H])c4c4c([2H])c([2H])c([2H])c([2H])c42)cc1N3c1c(-c2ccc(-c3ccccc3)cc2)cc(C(C)(C)C)cc1-c1ccc(-c2ccccc2)cc1. The monoisotopic (exact) mass is 1330 g/mol. The molecule has 15 aromatic carbocycles. The van der Waals surface area contributed by atoms with Crippen molar-refractivity contribution >= 4 is 101 Å². The zero-order chi connectivity index (χ0) is 82.3. The molecule has 2 aliphatic heterocycles. The summed E-state index contributed by atoms with van der Waals surface area (Å²) in [6.45, 7) is 12.5. The molecule has 0 N–H and O–H groups in total. The van der Waals surface area contributed by atoms with Crippen molar-refractivity contribution < 1.29 is 20.6 Å². The van der Waals surface area contributed by atoms with Gasteiger partial charge in [-0.3, -0.25) is 0 Å². The van der Waals surface area contributed by atoms with Crippen molar-refractivity contribution in [3.8, 4) is 78.1 Å². The van der Waals surface area contributed by atoms with E-state index in [1.165, 1.54) is 6.07 Å². The lowest BCUT2D eigenvalue weighted by Gasteiger charge is -2.46. The molecule has 0 fully saturated rings. The fourth-order valence-corrected chi connectivity index (χ4v) is 15.7. The molecule has 0 amide bonds. The lowest BCUT2D eigenvalue weighted by molar-refractivity contribution is 0.590. The molecule has 490 valence electrons. The lowest BCUT2D eigenvalue weighted by Crippen LogP contribution is -2.61. The van der Waals surface area contributed by atoms with Crippen molar-refractivity contribution in [3.05, 3.63) is 357 Å². The van der Waals surface area contributed by atoms with Crippen molar-refractivity contribution in [1.82, 2.24) is 9.13 Å². The van der Waals surface area contributed by atoms with Gasteiger partial charge in [0, 0.05) is 77.9 Å². The molecule has 0 radical (unpaired) electrons. The minimum atomic E-state index is -0.736. The molecule has 2 aliphatic rings. The van der Waals surface area contributed by atoms with Gasteiger partial charge in [-0.2, -0.15) is 0 Å². The fourth-order valence-electron chi connectivity index (χ4n) is 15.7. The number of hydrogen-bond donors (Lipinski definition) is 0. The van der Waals surface area contributed by atoms with Gasteiger partial charge >= 0.3 is 0 Å². The van der Waals surface area contributed by atoms with Crippen LogP contribution in [0.3, 0.4) is 0 Å². The number of para-hydroxylation sites is 5. The molecular formula is C98H75BN4. The number of rotatable bonds is 10. The Morgan fingerprint density at radius 3 is 1.01 bits per heavy atom. The molecule has 2 aromatic heterocycles. The van der Waals surface area contributed by atoms with Gasteiger partial charge in [0.25, 0.3) is 6.71 Å². The predicted molar refractivity (Wildman–Crippen MR) is 439 cm³/mol. The van der Waals surface area contributed by atoms with Crippen LogP contribution in [0.2, 0.25) is 0 Å². The summed E-state index contributed by atoms with van der Waals surface area (Å²) in [7, 11) is 0. The third-order valence-corrected chi connectivity index (χ3v) is 20.8. The second kappa shape index (κ2) is 24.1. The molecule has 0 atom stereocenters. The quantitative estimate of drug-likeness (QED) is 0.127. The molecule has 17 aromatic rings. The Balaban J connectivity index is 1.02. The zero-order valence-electron chi connectivity index (χ0n) is 72.6. The molecule has 19 rings (SSSR count). The Bertz CT molecular complexity index is 6880. The average molecular weight is 1330 g/mol.